The van der Waals surface area contributed by atoms with Gasteiger partial charge in [0.2, 0.25) is 0 Å². The number of hydrogen-bond donors (Lipinski definition) is 1. The fourth-order valence-corrected chi connectivity index (χ4v) is 6.85. The number of hydrogen-bond acceptors (Lipinski definition) is 3. The zero-order chi connectivity index (χ0) is 22.9. The predicted octanol–water partition coefficient (Wildman–Crippen LogP) is 7.75. The van der Waals surface area contributed by atoms with Crippen molar-refractivity contribution in [2.45, 2.75) is 85.2 Å². The van der Waals surface area contributed by atoms with Crippen LogP contribution < -0.4 is 0 Å². The summed E-state index contributed by atoms with van der Waals surface area (Å²) in [4.78, 5) is 13.1. The first-order valence-electron chi connectivity index (χ1n) is 12.7. The van der Waals surface area contributed by atoms with E-state index in [9.17, 15) is 9.90 Å². The molecule has 0 aliphatic heterocycles. The van der Waals surface area contributed by atoms with Gasteiger partial charge in [-0.15, -0.1) is 0 Å². The number of rotatable bonds is 7. The Morgan fingerprint density at radius 3 is 2.59 bits per heavy atom. The maximum atomic E-state index is 13.1. The van der Waals surface area contributed by atoms with Gasteiger partial charge in [0.1, 0.15) is 11.9 Å². The van der Waals surface area contributed by atoms with Gasteiger partial charge < -0.3 is 9.84 Å². The largest absolute Gasteiger partial charge is 0.508 e. The number of ether oxygens (including phenoxy) is 1. The lowest BCUT2D eigenvalue weighted by Crippen LogP contribution is -2.43. The van der Waals surface area contributed by atoms with Gasteiger partial charge in [-0.2, -0.15) is 0 Å². The maximum Gasteiger partial charge on any atom is 0.338 e. The normalized spacial score (nSPS) is 28.6. The second kappa shape index (κ2) is 9.45. The van der Waals surface area contributed by atoms with E-state index in [4.69, 9.17) is 4.74 Å². The van der Waals surface area contributed by atoms with Gasteiger partial charge in [0.25, 0.3) is 0 Å². The lowest BCUT2D eigenvalue weighted by Gasteiger charge is -2.46. The summed E-state index contributed by atoms with van der Waals surface area (Å²) < 4.78 is 6.18. The molecule has 2 aliphatic carbocycles. The lowest BCUT2D eigenvalue weighted by molar-refractivity contribution is -0.0473. The van der Waals surface area contributed by atoms with Crippen LogP contribution in [0.5, 0.6) is 5.75 Å². The van der Waals surface area contributed by atoms with Gasteiger partial charge in [-0.3, -0.25) is 0 Å². The highest BCUT2D eigenvalue weighted by Crippen LogP contribution is 2.59. The van der Waals surface area contributed by atoms with E-state index >= 15 is 0 Å². The molecule has 3 nitrogen and oxygen atoms in total. The number of benzene rings is 2. The molecule has 32 heavy (non-hydrogen) atoms. The van der Waals surface area contributed by atoms with Crippen LogP contribution in [0.25, 0.3) is 10.8 Å². The van der Waals surface area contributed by atoms with Gasteiger partial charge in [-0.1, -0.05) is 59.1 Å². The van der Waals surface area contributed by atoms with E-state index in [-0.39, 0.29) is 17.8 Å². The molecule has 0 heterocycles. The molecule has 4 rings (SSSR count). The highest BCUT2D eigenvalue weighted by molar-refractivity contribution is 5.95. The summed E-state index contributed by atoms with van der Waals surface area (Å²) in [6.07, 6.45) is 9.87. The van der Waals surface area contributed by atoms with Gasteiger partial charge in [0.15, 0.2) is 0 Å². The highest BCUT2D eigenvalue weighted by Gasteiger charge is 2.53. The number of aromatic hydroxyl groups is 1. The number of phenolic OH excluding ortho intramolecular Hbond substituents is 1. The monoisotopic (exact) mass is 436 g/mol. The quantitative estimate of drug-likeness (QED) is 0.451. The topological polar surface area (TPSA) is 46.5 Å². The number of carbonyl (C=O) groups excluding carboxylic acids is 1. The van der Waals surface area contributed by atoms with Crippen molar-refractivity contribution in [3.63, 3.8) is 0 Å². The standard InChI is InChI=1S/C29H40O3/c1-19(2)7-5-8-20(3)25-14-15-26-27(9-6-16-29(25,26)4)32-28(31)23-11-10-22-18-24(30)13-12-21(22)17-23/h10-13,17-20,25-27,30H,5-9,14-16H2,1-4H3/t20-,25-,26+,27+,29-/m1/s1. The van der Waals surface area contributed by atoms with E-state index in [1.54, 1.807) is 12.1 Å². The zero-order valence-corrected chi connectivity index (χ0v) is 20.3. The Balaban J connectivity index is 1.44. The van der Waals surface area contributed by atoms with Crippen molar-refractivity contribution in [3.8, 4) is 5.75 Å². The van der Waals surface area contributed by atoms with Crippen molar-refractivity contribution in [3.05, 3.63) is 42.0 Å². The van der Waals surface area contributed by atoms with Crippen LogP contribution >= 0.6 is 0 Å². The van der Waals surface area contributed by atoms with Crippen molar-refractivity contribution in [2.75, 3.05) is 0 Å². The molecule has 1 N–H and O–H groups in total. The van der Waals surface area contributed by atoms with Gasteiger partial charge >= 0.3 is 5.97 Å². The molecule has 2 aliphatic rings. The highest BCUT2D eigenvalue weighted by atomic mass is 16.5. The van der Waals surface area contributed by atoms with E-state index in [2.05, 4.69) is 27.7 Å². The Morgan fingerprint density at radius 2 is 1.81 bits per heavy atom. The molecule has 174 valence electrons. The Labute approximate surface area is 193 Å². The molecule has 2 fully saturated rings. The summed E-state index contributed by atoms with van der Waals surface area (Å²) in [6, 6.07) is 10.8. The summed E-state index contributed by atoms with van der Waals surface area (Å²) in [5.74, 6) is 2.79. The van der Waals surface area contributed by atoms with Crippen molar-refractivity contribution in [1.29, 1.82) is 0 Å². The second-order valence-electron chi connectivity index (χ2n) is 11.2. The van der Waals surface area contributed by atoms with Crippen LogP contribution in [0.15, 0.2) is 36.4 Å². The second-order valence-corrected chi connectivity index (χ2v) is 11.2. The molecule has 0 unspecified atom stereocenters. The molecule has 0 spiro atoms. The first-order valence-corrected chi connectivity index (χ1v) is 12.7. The van der Waals surface area contributed by atoms with E-state index in [1.807, 2.05) is 24.3 Å². The minimum Gasteiger partial charge on any atom is -0.508 e. The molecular weight excluding hydrogens is 396 g/mol. The van der Waals surface area contributed by atoms with Crippen LogP contribution in [-0.2, 0) is 4.74 Å². The third-order valence-electron chi connectivity index (χ3n) is 8.58. The van der Waals surface area contributed by atoms with Crippen molar-refractivity contribution in [1.82, 2.24) is 0 Å². The van der Waals surface area contributed by atoms with E-state index in [1.165, 1.54) is 38.5 Å². The zero-order valence-electron chi connectivity index (χ0n) is 20.3. The summed E-state index contributed by atoms with van der Waals surface area (Å²) >= 11 is 0. The third-order valence-corrected chi connectivity index (χ3v) is 8.58. The van der Waals surface area contributed by atoms with E-state index in [0.29, 0.717) is 16.9 Å². The molecule has 2 aromatic carbocycles. The van der Waals surface area contributed by atoms with Crippen LogP contribution in [0.4, 0.5) is 0 Å². The SMILES string of the molecule is CC(C)CCC[C@@H](C)[C@H]1CC[C@H]2[C@@H](OC(=O)c3ccc4cc(O)ccc4c3)CCC[C@]12C. The summed E-state index contributed by atoms with van der Waals surface area (Å²) in [5.41, 5.74) is 0.897. The fourth-order valence-electron chi connectivity index (χ4n) is 6.85. The van der Waals surface area contributed by atoms with Crippen LogP contribution in [0.2, 0.25) is 0 Å². The molecule has 0 saturated heterocycles. The Morgan fingerprint density at radius 1 is 1.06 bits per heavy atom. The fraction of sp³-hybridized carbons (Fsp3) is 0.621. The molecule has 0 bridgehead atoms. The van der Waals surface area contributed by atoms with Gasteiger partial charge in [0, 0.05) is 5.92 Å². The van der Waals surface area contributed by atoms with E-state index < -0.39 is 0 Å². The van der Waals surface area contributed by atoms with Crippen molar-refractivity contribution >= 4 is 16.7 Å². The molecule has 0 radical (unpaired) electrons. The Kier molecular flexibility index (Phi) is 6.83. The number of esters is 1. The number of phenols is 1. The molecule has 0 aromatic heterocycles. The lowest BCUT2D eigenvalue weighted by atomic mass is 9.61. The molecule has 3 heteroatoms. The molecular formula is C29H40O3. The molecule has 2 aromatic rings. The predicted molar refractivity (Wildman–Crippen MR) is 131 cm³/mol. The van der Waals surface area contributed by atoms with Gasteiger partial charge in [-0.05, 0) is 90.3 Å². The molecule has 2 saturated carbocycles. The first kappa shape index (κ1) is 23.1. The third kappa shape index (κ3) is 4.67. The number of fused-ring (bicyclic) bond motifs is 2. The van der Waals surface area contributed by atoms with Crippen molar-refractivity contribution < 1.29 is 14.6 Å². The first-order chi connectivity index (χ1) is 15.3. The maximum absolute atomic E-state index is 13.1. The van der Waals surface area contributed by atoms with Crippen LogP contribution in [0.3, 0.4) is 0 Å². The van der Waals surface area contributed by atoms with Crippen LogP contribution in [-0.4, -0.2) is 17.2 Å². The van der Waals surface area contributed by atoms with Crippen molar-refractivity contribution in [2.24, 2.45) is 29.1 Å². The minimum absolute atomic E-state index is 0.0321. The smallest absolute Gasteiger partial charge is 0.338 e. The molecule has 5 atom stereocenters. The summed E-state index contributed by atoms with van der Waals surface area (Å²) in [5, 5.41) is 11.6. The summed E-state index contributed by atoms with van der Waals surface area (Å²) in [7, 11) is 0. The van der Waals surface area contributed by atoms with Gasteiger partial charge in [0.05, 0.1) is 5.56 Å². The minimum atomic E-state index is -0.206. The van der Waals surface area contributed by atoms with E-state index in [0.717, 1.165) is 41.4 Å². The number of carbonyl (C=O) groups is 1. The van der Waals surface area contributed by atoms with Crippen LogP contribution in [0.1, 0.15) is 89.4 Å². The molecule has 0 amide bonds. The van der Waals surface area contributed by atoms with Gasteiger partial charge in [-0.25, -0.2) is 4.79 Å². The average Bonchev–Trinajstić information content (AvgIpc) is 3.11. The van der Waals surface area contributed by atoms with Crippen LogP contribution in [0, 0.1) is 29.1 Å². The average molecular weight is 437 g/mol. The Hall–Kier alpha value is -2.03. The Bertz CT molecular complexity index is 949. The summed E-state index contributed by atoms with van der Waals surface area (Å²) in [6.45, 7) is 9.58.